The Balaban J connectivity index is 1.61. The van der Waals surface area contributed by atoms with Gasteiger partial charge >= 0.3 is 0 Å². The molecule has 5 rings (SSSR count). The van der Waals surface area contributed by atoms with Gasteiger partial charge in [-0.25, -0.2) is 17.8 Å². The van der Waals surface area contributed by atoms with Crippen LogP contribution in [0.4, 0.5) is 10.1 Å². The fraction of sp³-hybridized carbons (Fsp3) is 0.318. The van der Waals surface area contributed by atoms with Gasteiger partial charge in [0.05, 0.1) is 25.0 Å². The van der Waals surface area contributed by atoms with Gasteiger partial charge in [0.2, 0.25) is 0 Å². The minimum atomic E-state index is -3.80. The van der Waals surface area contributed by atoms with E-state index >= 15 is 0 Å². The van der Waals surface area contributed by atoms with Gasteiger partial charge in [-0.15, -0.1) is 0 Å². The summed E-state index contributed by atoms with van der Waals surface area (Å²) in [5, 5.41) is 13.3. The lowest BCUT2D eigenvalue weighted by Gasteiger charge is -2.38. The quantitative estimate of drug-likeness (QED) is 0.649. The van der Waals surface area contributed by atoms with Crippen molar-refractivity contribution in [2.24, 2.45) is 13.0 Å². The summed E-state index contributed by atoms with van der Waals surface area (Å²) < 4.78 is 43.3. The molecule has 7 nitrogen and oxygen atoms in total. The van der Waals surface area contributed by atoms with E-state index in [9.17, 15) is 17.9 Å². The first-order valence-electron chi connectivity index (χ1n) is 10.2. The highest BCUT2D eigenvalue weighted by molar-refractivity contribution is 7.89. The van der Waals surface area contributed by atoms with Gasteiger partial charge in [0.25, 0.3) is 10.0 Å². The van der Waals surface area contributed by atoms with Gasteiger partial charge in [-0.1, -0.05) is 18.2 Å². The Kier molecular flexibility index (Phi) is 4.84. The highest BCUT2D eigenvalue weighted by Gasteiger charge is 2.49. The first-order chi connectivity index (χ1) is 14.9. The monoisotopic (exact) mass is 442 g/mol. The number of aliphatic hydroxyl groups excluding tert-OH is 1. The predicted octanol–water partition coefficient (Wildman–Crippen LogP) is 2.76. The van der Waals surface area contributed by atoms with Gasteiger partial charge < -0.3 is 15.0 Å². The zero-order valence-electron chi connectivity index (χ0n) is 16.9. The normalized spacial score (nSPS) is 23.3. The molecule has 2 aliphatic heterocycles. The van der Waals surface area contributed by atoms with Crippen LogP contribution in [0.25, 0.3) is 11.1 Å². The van der Waals surface area contributed by atoms with Crippen molar-refractivity contribution in [3.63, 3.8) is 0 Å². The van der Waals surface area contributed by atoms with Gasteiger partial charge in [-0.05, 0) is 47.4 Å². The van der Waals surface area contributed by atoms with Crippen LogP contribution in [0.5, 0.6) is 0 Å². The SMILES string of the molecule is Cn1cnc(S(=O)(=O)N2CC[C@@H]3[C@H](CO)Nc4ccc(-c5ccc(F)cc5)cc4[C@@H]32)c1. The minimum absolute atomic E-state index is 0.0194. The molecule has 9 heteroatoms. The summed E-state index contributed by atoms with van der Waals surface area (Å²) in [5.41, 5.74) is 3.38. The summed E-state index contributed by atoms with van der Waals surface area (Å²) in [6, 6.07) is 11.4. The van der Waals surface area contributed by atoms with Gasteiger partial charge in [-0.2, -0.15) is 4.31 Å². The van der Waals surface area contributed by atoms with E-state index in [2.05, 4.69) is 10.3 Å². The number of benzene rings is 2. The maximum atomic E-state index is 13.4. The van der Waals surface area contributed by atoms with Crippen molar-refractivity contribution < 1.29 is 17.9 Å². The molecule has 3 atom stereocenters. The predicted molar refractivity (Wildman–Crippen MR) is 114 cm³/mol. The van der Waals surface area contributed by atoms with Crippen molar-refractivity contribution in [2.45, 2.75) is 23.5 Å². The van der Waals surface area contributed by atoms with Crippen LogP contribution in [0.15, 0.2) is 60.0 Å². The number of hydrogen-bond donors (Lipinski definition) is 2. The number of aryl methyl sites for hydroxylation is 1. The van der Waals surface area contributed by atoms with Crippen molar-refractivity contribution in [3.8, 4) is 11.1 Å². The molecule has 0 aliphatic carbocycles. The summed E-state index contributed by atoms with van der Waals surface area (Å²) in [7, 11) is -2.07. The number of sulfonamides is 1. The molecule has 0 unspecified atom stereocenters. The van der Waals surface area contributed by atoms with Crippen molar-refractivity contribution in [3.05, 3.63) is 66.4 Å². The van der Waals surface area contributed by atoms with E-state index in [0.717, 1.165) is 22.4 Å². The van der Waals surface area contributed by atoms with Gasteiger partial charge in [0.1, 0.15) is 5.82 Å². The van der Waals surface area contributed by atoms with Crippen LogP contribution in [-0.2, 0) is 17.1 Å². The summed E-state index contributed by atoms with van der Waals surface area (Å²) in [4.78, 5) is 4.07. The van der Waals surface area contributed by atoms with Crippen LogP contribution in [-0.4, -0.2) is 46.6 Å². The van der Waals surface area contributed by atoms with Crippen molar-refractivity contribution in [1.29, 1.82) is 0 Å². The molecule has 162 valence electrons. The molecule has 0 amide bonds. The molecule has 31 heavy (non-hydrogen) atoms. The van der Waals surface area contributed by atoms with E-state index in [-0.39, 0.29) is 29.4 Å². The third kappa shape index (κ3) is 3.33. The smallest absolute Gasteiger partial charge is 0.262 e. The lowest BCUT2D eigenvalue weighted by Crippen LogP contribution is -2.42. The van der Waals surface area contributed by atoms with Gasteiger partial charge in [0, 0.05) is 31.4 Å². The third-order valence-electron chi connectivity index (χ3n) is 6.26. The van der Waals surface area contributed by atoms with E-state index in [1.54, 1.807) is 23.7 Å². The maximum Gasteiger partial charge on any atom is 0.262 e. The average molecular weight is 443 g/mol. The number of aromatic nitrogens is 2. The molecule has 2 N–H and O–H groups in total. The van der Waals surface area contributed by atoms with E-state index in [1.165, 1.54) is 29.0 Å². The summed E-state index contributed by atoms with van der Waals surface area (Å²) in [6.07, 6.45) is 3.61. The number of anilines is 1. The molecule has 2 aliphatic rings. The van der Waals surface area contributed by atoms with E-state index in [1.807, 2.05) is 18.2 Å². The van der Waals surface area contributed by atoms with E-state index in [0.29, 0.717) is 13.0 Å². The summed E-state index contributed by atoms with van der Waals surface area (Å²) in [5.74, 6) is -0.378. The molecule has 2 aromatic carbocycles. The summed E-state index contributed by atoms with van der Waals surface area (Å²) in [6.45, 7) is 0.268. The maximum absolute atomic E-state index is 13.4. The van der Waals surface area contributed by atoms with Crippen LogP contribution in [0.2, 0.25) is 0 Å². The largest absolute Gasteiger partial charge is 0.394 e. The number of fused-ring (bicyclic) bond motifs is 3. The van der Waals surface area contributed by atoms with Crippen LogP contribution in [0, 0.1) is 11.7 Å². The Bertz CT molecular complexity index is 1230. The number of nitrogens with one attached hydrogen (secondary N) is 1. The van der Waals surface area contributed by atoms with Gasteiger partial charge in [-0.3, -0.25) is 0 Å². The molecule has 0 spiro atoms. The van der Waals surface area contributed by atoms with Crippen LogP contribution < -0.4 is 5.32 Å². The molecule has 1 aromatic heterocycles. The molecule has 3 heterocycles. The average Bonchev–Trinajstić information content (AvgIpc) is 3.41. The molecule has 3 aromatic rings. The van der Waals surface area contributed by atoms with E-state index < -0.39 is 16.1 Å². The number of imidazole rings is 1. The number of nitrogens with zero attached hydrogens (tertiary/aromatic N) is 3. The first kappa shape index (κ1) is 20.2. The topological polar surface area (TPSA) is 87.5 Å². The zero-order chi connectivity index (χ0) is 21.8. The lowest BCUT2D eigenvalue weighted by atomic mass is 9.82. The van der Waals surface area contributed by atoms with Crippen LogP contribution in [0.3, 0.4) is 0 Å². The molecule has 1 fully saturated rings. The second-order valence-electron chi connectivity index (χ2n) is 8.13. The Labute approximate surface area is 180 Å². The Morgan fingerprint density at radius 2 is 1.94 bits per heavy atom. The fourth-order valence-corrected chi connectivity index (χ4v) is 6.39. The number of aliphatic hydroxyl groups is 1. The lowest BCUT2D eigenvalue weighted by molar-refractivity contribution is 0.210. The molecule has 0 radical (unpaired) electrons. The van der Waals surface area contributed by atoms with E-state index in [4.69, 9.17) is 0 Å². The van der Waals surface area contributed by atoms with Crippen LogP contribution >= 0.6 is 0 Å². The first-order valence-corrected chi connectivity index (χ1v) is 11.6. The molecule has 1 saturated heterocycles. The van der Waals surface area contributed by atoms with Crippen LogP contribution in [0.1, 0.15) is 18.0 Å². The molecular formula is C22H23FN4O3S. The Hall–Kier alpha value is -2.75. The zero-order valence-corrected chi connectivity index (χ0v) is 17.8. The molecule has 0 bridgehead atoms. The van der Waals surface area contributed by atoms with Crippen molar-refractivity contribution in [2.75, 3.05) is 18.5 Å². The standard InChI is InChI=1S/C22H23FN4O3S/c1-26-11-21(24-13-26)31(29,30)27-9-8-17-20(12-28)25-19-7-4-15(10-18(19)22(17)27)14-2-5-16(23)6-3-14/h2-7,10-11,13,17,20,22,25,28H,8-9,12H2,1H3/t17-,20+,22-/m1/s1. The Morgan fingerprint density at radius 3 is 2.61 bits per heavy atom. The van der Waals surface area contributed by atoms with Gasteiger partial charge in [0.15, 0.2) is 5.03 Å². The third-order valence-corrected chi connectivity index (χ3v) is 8.02. The van der Waals surface area contributed by atoms with Crippen molar-refractivity contribution in [1.82, 2.24) is 13.9 Å². The van der Waals surface area contributed by atoms with Crippen molar-refractivity contribution >= 4 is 15.7 Å². The second-order valence-corrected chi connectivity index (χ2v) is 9.97. The number of rotatable bonds is 4. The minimum Gasteiger partial charge on any atom is -0.394 e. The fourth-order valence-electron chi connectivity index (χ4n) is 4.75. The molecular weight excluding hydrogens is 419 g/mol. The highest BCUT2D eigenvalue weighted by atomic mass is 32.2. The number of halogens is 1. The second kappa shape index (κ2) is 7.44. The highest BCUT2D eigenvalue weighted by Crippen LogP contribution is 2.49. The number of hydrogen-bond acceptors (Lipinski definition) is 5. The Morgan fingerprint density at radius 1 is 1.19 bits per heavy atom. The summed E-state index contributed by atoms with van der Waals surface area (Å²) >= 11 is 0. The molecule has 0 saturated carbocycles.